The summed E-state index contributed by atoms with van der Waals surface area (Å²) in [6, 6.07) is 10.2. The van der Waals surface area contributed by atoms with Crippen molar-refractivity contribution in [2.75, 3.05) is 11.9 Å². The van der Waals surface area contributed by atoms with Gasteiger partial charge in [-0.3, -0.25) is 4.79 Å². The Morgan fingerprint density at radius 3 is 2.55 bits per heavy atom. The Hall–Kier alpha value is -2.07. The van der Waals surface area contributed by atoms with Gasteiger partial charge in [-0.15, -0.1) is 22.7 Å². The van der Waals surface area contributed by atoms with E-state index in [0.29, 0.717) is 25.1 Å². The van der Waals surface area contributed by atoms with Crippen LogP contribution in [0.3, 0.4) is 0 Å². The predicted molar refractivity (Wildman–Crippen MR) is 117 cm³/mol. The lowest BCUT2D eigenvalue weighted by Gasteiger charge is -2.22. The van der Waals surface area contributed by atoms with Gasteiger partial charge in [0, 0.05) is 28.1 Å². The van der Waals surface area contributed by atoms with Crippen LogP contribution in [0.25, 0.3) is 11.3 Å². The number of hydrogen-bond acceptors (Lipinski definition) is 6. The number of hydrogen-bond donors (Lipinski definition) is 1. The first-order valence-corrected chi connectivity index (χ1v) is 12.4. The monoisotopic (exact) mass is 447 g/mol. The van der Waals surface area contributed by atoms with Gasteiger partial charge >= 0.3 is 0 Å². The molecular weight excluding hydrogens is 426 g/mol. The quantitative estimate of drug-likeness (QED) is 0.633. The number of anilines is 1. The van der Waals surface area contributed by atoms with Crippen molar-refractivity contribution in [2.45, 2.75) is 36.9 Å². The maximum atomic E-state index is 13.0. The van der Waals surface area contributed by atoms with Crippen LogP contribution >= 0.6 is 22.7 Å². The first-order valence-electron chi connectivity index (χ1n) is 9.26. The van der Waals surface area contributed by atoms with E-state index in [2.05, 4.69) is 10.3 Å². The zero-order valence-electron chi connectivity index (χ0n) is 16.1. The smallest absolute Gasteiger partial charge is 0.253 e. The maximum Gasteiger partial charge on any atom is 0.253 e. The number of rotatable bonds is 5. The molecule has 0 bridgehead atoms. The highest BCUT2D eigenvalue weighted by molar-refractivity contribution is 7.91. The van der Waals surface area contributed by atoms with Crippen LogP contribution in [-0.2, 0) is 14.8 Å². The molecule has 4 rings (SSSR count). The molecule has 1 aliphatic rings. The second-order valence-electron chi connectivity index (χ2n) is 6.96. The second kappa shape index (κ2) is 7.98. The highest BCUT2D eigenvalue weighted by Crippen LogP contribution is 2.31. The van der Waals surface area contributed by atoms with Crippen molar-refractivity contribution in [2.24, 2.45) is 0 Å². The largest absolute Gasteiger partial charge is 0.325 e. The fourth-order valence-corrected chi connectivity index (χ4v) is 7.09. The van der Waals surface area contributed by atoms with E-state index in [1.165, 1.54) is 15.6 Å². The molecule has 152 valence electrons. The molecule has 1 saturated heterocycles. The number of carbonyl (C=O) groups is 1. The van der Waals surface area contributed by atoms with E-state index in [1.807, 2.05) is 43.5 Å². The summed E-state index contributed by atoms with van der Waals surface area (Å²) in [7, 11) is -3.66. The van der Waals surface area contributed by atoms with Crippen LogP contribution in [0, 0.1) is 13.8 Å². The average molecular weight is 448 g/mol. The number of aryl methyl sites for hydroxylation is 2. The third-order valence-electron chi connectivity index (χ3n) is 4.85. The van der Waals surface area contributed by atoms with Crippen LogP contribution in [0.5, 0.6) is 0 Å². The lowest BCUT2D eigenvalue weighted by molar-refractivity contribution is -0.119. The molecule has 3 aromatic rings. The Labute approximate surface area is 178 Å². The van der Waals surface area contributed by atoms with E-state index >= 15 is 0 Å². The molecule has 9 heteroatoms. The highest BCUT2D eigenvalue weighted by Gasteiger charge is 2.40. The summed E-state index contributed by atoms with van der Waals surface area (Å²) in [5.74, 6) is -0.295. The van der Waals surface area contributed by atoms with Gasteiger partial charge < -0.3 is 5.32 Å². The number of nitrogens with zero attached hydrogens (tertiary/aromatic N) is 2. The summed E-state index contributed by atoms with van der Waals surface area (Å²) in [4.78, 5) is 18.2. The topological polar surface area (TPSA) is 79.4 Å². The van der Waals surface area contributed by atoms with E-state index in [-0.39, 0.29) is 10.1 Å². The van der Waals surface area contributed by atoms with Gasteiger partial charge in [-0.2, -0.15) is 4.31 Å². The minimum Gasteiger partial charge on any atom is -0.325 e. The Bertz CT molecular complexity index is 1130. The molecule has 0 radical (unpaired) electrons. The van der Waals surface area contributed by atoms with Crippen LogP contribution in [0.15, 0.2) is 46.0 Å². The molecule has 2 aromatic heterocycles. The van der Waals surface area contributed by atoms with Crippen LogP contribution in [-0.4, -0.2) is 36.2 Å². The third-order valence-corrected chi connectivity index (χ3v) is 9.00. The minimum atomic E-state index is -3.66. The molecule has 0 aliphatic carbocycles. The number of thiazole rings is 1. The zero-order chi connectivity index (χ0) is 20.6. The summed E-state index contributed by atoms with van der Waals surface area (Å²) in [6.07, 6.45) is 1.19. The van der Waals surface area contributed by atoms with Gasteiger partial charge in [0.05, 0.1) is 10.7 Å². The van der Waals surface area contributed by atoms with Crippen molar-refractivity contribution in [1.82, 2.24) is 9.29 Å². The van der Waals surface area contributed by atoms with E-state index in [9.17, 15) is 13.2 Å². The summed E-state index contributed by atoms with van der Waals surface area (Å²) in [6.45, 7) is 4.19. The average Bonchev–Trinajstić information content (AvgIpc) is 3.43. The Kier molecular flexibility index (Phi) is 5.56. The fraction of sp³-hybridized carbons (Fsp3) is 0.300. The molecule has 1 aliphatic heterocycles. The van der Waals surface area contributed by atoms with Gasteiger partial charge in [-0.05, 0) is 51.0 Å². The number of thiophene rings is 1. The summed E-state index contributed by atoms with van der Waals surface area (Å²) in [5, 5.41) is 5.86. The molecular formula is C20H21N3O3S3. The van der Waals surface area contributed by atoms with E-state index in [0.717, 1.165) is 21.1 Å². The molecule has 0 spiro atoms. The summed E-state index contributed by atoms with van der Waals surface area (Å²) in [5.41, 5.74) is 2.53. The highest BCUT2D eigenvalue weighted by atomic mass is 32.2. The molecule has 0 saturated carbocycles. The van der Waals surface area contributed by atoms with Crippen LogP contribution in [0.4, 0.5) is 5.69 Å². The zero-order valence-corrected chi connectivity index (χ0v) is 18.5. The second-order valence-corrected chi connectivity index (χ2v) is 11.4. The first-order chi connectivity index (χ1) is 13.8. The van der Waals surface area contributed by atoms with Crippen molar-refractivity contribution in [1.29, 1.82) is 0 Å². The van der Waals surface area contributed by atoms with Crippen molar-refractivity contribution in [3.63, 3.8) is 0 Å². The van der Waals surface area contributed by atoms with E-state index in [1.54, 1.807) is 23.5 Å². The number of carbonyl (C=O) groups excluding carboxylic acids is 1. The van der Waals surface area contributed by atoms with Gasteiger partial charge in [0.1, 0.15) is 10.3 Å². The normalized spacial score (nSPS) is 17.5. The van der Waals surface area contributed by atoms with Gasteiger partial charge in [-0.25, -0.2) is 13.4 Å². The number of nitrogens with one attached hydrogen (secondary N) is 1. The van der Waals surface area contributed by atoms with Gasteiger partial charge in [0.2, 0.25) is 5.91 Å². The van der Waals surface area contributed by atoms with Crippen molar-refractivity contribution in [3.05, 3.63) is 51.7 Å². The fourth-order valence-electron chi connectivity index (χ4n) is 3.40. The minimum absolute atomic E-state index is 0.289. The number of amides is 1. The third kappa shape index (κ3) is 4.13. The molecule has 1 aromatic carbocycles. The molecule has 1 amide bonds. The molecule has 1 fully saturated rings. The van der Waals surface area contributed by atoms with Gasteiger partial charge in [-0.1, -0.05) is 12.1 Å². The van der Waals surface area contributed by atoms with Crippen molar-refractivity contribution in [3.8, 4) is 11.3 Å². The van der Waals surface area contributed by atoms with Crippen molar-refractivity contribution < 1.29 is 13.2 Å². The van der Waals surface area contributed by atoms with Gasteiger partial charge in [0.25, 0.3) is 10.0 Å². The maximum absolute atomic E-state index is 13.0. The molecule has 1 N–H and O–H groups in total. The number of sulfonamides is 1. The Morgan fingerprint density at radius 1 is 1.17 bits per heavy atom. The summed E-state index contributed by atoms with van der Waals surface area (Å²) < 4.78 is 27.6. The predicted octanol–water partition coefficient (Wildman–Crippen LogP) is 4.28. The molecule has 1 atom stereocenters. The summed E-state index contributed by atoms with van der Waals surface area (Å²) >= 11 is 2.82. The van der Waals surface area contributed by atoms with E-state index < -0.39 is 16.1 Å². The van der Waals surface area contributed by atoms with E-state index in [4.69, 9.17) is 0 Å². The number of aromatic nitrogens is 1. The number of benzene rings is 1. The van der Waals surface area contributed by atoms with Crippen molar-refractivity contribution >= 4 is 44.3 Å². The Balaban J connectivity index is 1.49. The lowest BCUT2D eigenvalue weighted by atomic mass is 10.1. The first kappa shape index (κ1) is 20.2. The SMILES string of the molecule is Cc1ccc(S(=O)(=O)N2CCC[C@@H]2C(=O)Nc2ccc(-c3csc(C)n3)cc2)s1. The lowest BCUT2D eigenvalue weighted by Crippen LogP contribution is -2.42. The molecule has 0 unspecified atom stereocenters. The van der Waals surface area contributed by atoms with Gasteiger partial charge in [0.15, 0.2) is 0 Å². The standard InChI is InChI=1S/C20H21N3O3S3/c1-13-5-10-19(28-13)29(25,26)23-11-3-4-18(23)20(24)22-16-8-6-15(7-9-16)17-12-27-14(2)21-17/h5-10,12,18H,3-4,11H2,1-2H3,(H,22,24)/t18-/m1/s1. The molecule has 29 heavy (non-hydrogen) atoms. The molecule has 3 heterocycles. The molecule has 6 nitrogen and oxygen atoms in total. The van der Waals surface area contributed by atoms with Crippen LogP contribution < -0.4 is 5.32 Å². The van der Waals surface area contributed by atoms with Crippen LogP contribution in [0.2, 0.25) is 0 Å². The Morgan fingerprint density at radius 2 is 1.93 bits per heavy atom. The van der Waals surface area contributed by atoms with Crippen LogP contribution in [0.1, 0.15) is 22.7 Å².